The zero-order chi connectivity index (χ0) is 13.3. The van der Waals surface area contributed by atoms with Gasteiger partial charge in [-0.3, -0.25) is 0 Å². The second kappa shape index (κ2) is 4.84. The number of hydrogen-bond acceptors (Lipinski definition) is 3. The van der Waals surface area contributed by atoms with Crippen LogP contribution in [0.4, 0.5) is 10.1 Å². The minimum absolute atomic E-state index is 0.0803. The Bertz CT molecular complexity index is 475. The van der Waals surface area contributed by atoms with Crippen LogP contribution in [-0.4, -0.2) is 23.6 Å². The standard InChI is InChI=1S/C13H18FN3O/c1-8-5-9(2)17(7-8)12-4-3-10(6-11(12)14)13(15)16-18/h3-4,6,8-9,18H,5,7H2,1-2H3,(H2,15,16). The summed E-state index contributed by atoms with van der Waals surface area (Å²) in [5, 5.41) is 11.4. The van der Waals surface area contributed by atoms with Crippen molar-refractivity contribution in [3.8, 4) is 0 Å². The van der Waals surface area contributed by atoms with Gasteiger partial charge in [-0.05, 0) is 37.5 Å². The zero-order valence-electron chi connectivity index (χ0n) is 10.6. The quantitative estimate of drug-likeness (QED) is 0.366. The van der Waals surface area contributed by atoms with Crippen LogP contribution in [0.5, 0.6) is 0 Å². The van der Waals surface area contributed by atoms with Gasteiger partial charge in [-0.1, -0.05) is 12.1 Å². The third kappa shape index (κ3) is 2.25. The molecule has 4 nitrogen and oxygen atoms in total. The van der Waals surface area contributed by atoms with Crippen molar-refractivity contribution in [3.63, 3.8) is 0 Å². The largest absolute Gasteiger partial charge is 0.409 e. The molecule has 1 aliphatic rings. The van der Waals surface area contributed by atoms with Crippen LogP contribution in [0.2, 0.25) is 0 Å². The Morgan fingerprint density at radius 2 is 2.22 bits per heavy atom. The SMILES string of the molecule is CC1CC(C)N(c2ccc(/C(N)=N/O)cc2F)C1. The molecule has 1 fully saturated rings. The van der Waals surface area contributed by atoms with Crippen molar-refractivity contribution in [1.29, 1.82) is 0 Å². The normalized spacial score (nSPS) is 24.6. The highest BCUT2D eigenvalue weighted by Gasteiger charge is 2.28. The Morgan fingerprint density at radius 1 is 1.50 bits per heavy atom. The monoisotopic (exact) mass is 251 g/mol. The summed E-state index contributed by atoms with van der Waals surface area (Å²) in [5.41, 5.74) is 6.41. The van der Waals surface area contributed by atoms with E-state index in [-0.39, 0.29) is 11.7 Å². The summed E-state index contributed by atoms with van der Waals surface area (Å²) in [5.74, 6) is 0.159. The number of hydrogen-bond donors (Lipinski definition) is 2. The maximum atomic E-state index is 14.1. The molecule has 2 rings (SSSR count). The van der Waals surface area contributed by atoms with Crippen LogP contribution in [0.3, 0.4) is 0 Å². The number of halogens is 1. The Hall–Kier alpha value is -1.78. The maximum Gasteiger partial charge on any atom is 0.170 e. The van der Waals surface area contributed by atoms with Crippen molar-refractivity contribution in [2.45, 2.75) is 26.3 Å². The first-order valence-electron chi connectivity index (χ1n) is 6.07. The molecule has 1 aliphatic heterocycles. The molecule has 98 valence electrons. The van der Waals surface area contributed by atoms with E-state index in [1.54, 1.807) is 12.1 Å². The molecule has 1 saturated heterocycles. The van der Waals surface area contributed by atoms with Crippen LogP contribution in [0, 0.1) is 11.7 Å². The van der Waals surface area contributed by atoms with Gasteiger partial charge < -0.3 is 15.8 Å². The fourth-order valence-corrected chi connectivity index (χ4v) is 2.59. The second-order valence-electron chi connectivity index (χ2n) is 4.99. The number of amidine groups is 1. The molecule has 0 aromatic heterocycles. The predicted molar refractivity (Wildman–Crippen MR) is 69.5 cm³/mol. The van der Waals surface area contributed by atoms with Crippen molar-refractivity contribution in [3.05, 3.63) is 29.6 Å². The third-order valence-electron chi connectivity index (χ3n) is 3.44. The highest BCUT2D eigenvalue weighted by Crippen LogP contribution is 2.30. The lowest BCUT2D eigenvalue weighted by Crippen LogP contribution is -2.27. The minimum atomic E-state index is -0.333. The molecule has 1 aromatic rings. The molecule has 1 aromatic carbocycles. The summed E-state index contributed by atoms with van der Waals surface area (Å²) >= 11 is 0. The lowest BCUT2D eigenvalue weighted by Gasteiger charge is -2.24. The molecule has 0 spiro atoms. The van der Waals surface area contributed by atoms with E-state index in [2.05, 4.69) is 23.9 Å². The second-order valence-corrected chi connectivity index (χ2v) is 4.99. The van der Waals surface area contributed by atoms with E-state index in [1.807, 2.05) is 0 Å². The van der Waals surface area contributed by atoms with Crippen LogP contribution < -0.4 is 10.6 Å². The number of nitrogens with zero attached hydrogens (tertiary/aromatic N) is 2. The van der Waals surface area contributed by atoms with Crippen molar-refractivity contribution >= 4 is 11.5 Å². The summed E-state index contributed by atoms with van der Waals surface area (Å²) in [6.45, 7) is 5.13. The summed E-state index contributed by atoms with van der Waals surface area (Å²) < 4.78 is 14.1. The highest BCUT2D eigenvalue weighted by atomic mass is 19.1. The van der Waals surface area contributed by atoms with Gasteiger partial charge in [0.1, 0.15) is 5.82 Å². The molecule has 0 radical (unpaired) electrons. The fourth-order valence-electron chi connectivity index (χ4n) is 2.59. The molecule has 18 heavy (non-hydrogen) atoms. The molecular weight excluding hydrogens is 233 g/mol. The lowest BCUT2D eigenvalue weighted by molar-refractivity contribution is 0.318. The van der Waals surface area contributed by atoms with Gasteiger partial charge in [0, 0.05) is 18.2 Å². The molecule has 2 atom stereocenters. The smallest absolute Gasteiger partial charge is 0.170 e. The molecule has 3 N–H and O–H groups in total. The summed E-state index contributed by atoms with van der Waals surface area (Å²) in [4.78, 5) is 2.07. The van der Waals surface area contributed by atoms with Gasteiger partial charge in [-0.15, -0.1) is 0 Å². The summed E-state index contributed by atoms with van der Waals surface area (Å²) in [6, 6.07) is 5.00. The van der Waals surface area contributed by atoms with E-state index in [1.165, 1.54) is 6.07 Å². The molecule has 0 saturated carbocycles. The molecule has 0 bridgehead atoms. The number of rotatable bonds is 2. The van der Waals surface area contributed by atoms with Crippen molar-refractivity contribution in [1.82, 2.24) is 0 Å². The van der Waals surface area contributed by atoms with E-state index >= 15 is 0 Å². The van der Waals surface area contributed by atoms with Gasteiger partial charge >= 0.3 is 0 Å². The van der Waals surface area contributed by atoms with Crippen LogP contribution in [-0.2, 0) is 0 Å². The average molecular weight is 251 g/mol. The number of nitrogens with two attached hydrogens (primary N) is 1. The van der Waals surface area contributed by atoms with E-state index < -0.39 is 0 Å². The number of oxime groups is 1. The Labute approximate surface area is 106 Å². The number of anilines is 1. The van der Waals surface area contributed by atoms with Crippen LogP contribution in [0.15, 0.2) is 23.4 Å². The highest BCUT2D eigenvalue weighted by molar-refractivity contribution is 5.97. The van der Waals surface area contributed by atoms with Gasteiger partial charge in [0.05, 0.1) is 5.69 Å². The average Bonchev–Trinajstić information content (AvgIpc) is 2.67. The predicted octanol–water partition coefficient (Wildman–Crippen LogP) is 2.15. The molecule has 5 heteroatoms. The Balaban J connectivity index is 2.30. The fraction of sp³-hybridized carbons (Fsp3) is 0.462. The van der Waals surface area contributed by atoms with Crippen LogP contribution >= 0.6 is 0 Å². The Kier molecular flexibility index (Phi) is 3.41. The van der Waals surface area contributed by atoms with Crippen molar-refractivity contribution in [2.75, 3.05) is 11.4 Å². The lowest BCUT2D eigenvalue weighted by atomic mass is 10.1. The minimum Gasteiger partial charge on any atom is -0.409 e. The third-order valence-corrected chi connectivity index (χ3v) is 3.44. The van der Waals surface area contributed by atoms with E-state index in [9.17, 15) is 4.39 Å². The molecule has 0 amide bonds. The first-order valence-corrected chi connectivity index (χ1v) is 6.07. The van der Waals surface area contributed by atoms with Gasteiger partial charge in [-0.25, -0.2) is 4.39 Å². The van der Waals surface area contributed by atoms with E-state index in [4.69, 9.17) is 10.9 Å². The van der Waals surface area contributed by atoms with E-state index in [0.717, 1.165) is 13.0 Å². The topological polar surface area (TPSA) is 61.8 Å². The first-order chi connectivity index (χ1) is 8.52. The molecular formula is C13H18FN3O. The van der Waals surface area contributed by atoms with Crippen molar-refractivity contribution in [2.24, 2.45) is 16.8 Å². The number of benzene rings is 1. The van der Waals surface area contributed by atoms with Crippen LogP contribution in [0.25, 0.3) is 0 Å². The van der Waals surface area contributed by atoms with Gasteiger partial charge in [0.2, 0.25) is 0 Å². The molecule has 0 aliphatic carbocycles. The molecule has 2 unspecified atom stereocenters. The Morgan fingerprint density at radius 3 is 2.72 bits per heavy atom. The van der Waals surface area contributed by atoms with Gasteiger partial charge in [0.15, 0.2) is 5.84 Å². The van der Waals surface area contributed by atoms with Gasteiger partial charge in [0.25, 0.3) is 0 Å². The zero-order valence-corrected chi connectivity index (χ0v) is 10.6. The summed E-state index contributed by atoms with van der Waals surface area (Å²) in [7, 11) is 0. The first kappa shape index (κ1) is 12.7. The molecule has 1 heterocycles. The summed E-state index contributed by atoms with van der Waals surface area (Å²) in [6.07, 6.45) is 1.07. The van der Waals surface area contributed by atoms with Crippen molar-refractivity contribution < 1.29 is 9.60 Å². The van der Waals surface area contributed by atoms with Gasteiger partial charge in [-0.2, -0.15) is 0 Å². The van der Waals surface area contributed by atoms with Crippen LogP contribution in [0.1, 0.15) is 25.8 Å². The van der Waals surface area contributed by atoms with E-state index in [0.29, 0.717) is 23.2 Å². The maximum absolute atomic E-state index is 14.1.